The fourth-order valence-electron chi connectivity index (χ4n) is 4.66. The number of hydrogen-bond donors (Lipinski definition) is 0. The summed E-state index contributed by atoms with van der Waals surface area (Å²) >= 11 is 0. The molecule has 33 heavy (non-hydrogen) atoms. The molecule has 2 aromatic heterocycles. The van der Waals surface area contributed by atoms with E-state index in [1.807, 2.05) is 18.3 Å². The molecule has 0 spiro atoms. The van der Waals surface area contributed by atoms with Crippen LogP contribution in [0.25, 0.3) is 39.5 Å². The van der Waals surface area contributed by atoms with Gasteiger partial charge in [0.05, 0.1) is 16.7 Å². The molecule has 2 heterocycles. The summed E-state index contributed by atoms with van der Waals surface area (Å²) in [6.07, 6.45) is 3.99. The molecular weight excluding hydrogens is 404 g/mol. The summed E-state index contributed by atoms with van der Waals surface area (Å²) in [5, 5.41) is 0. The van der Waals surface area contributed by atoms with Crippen LogP contribution in [-0.2, 0) is 7.05 Å². The lowest BCUT2D eigenvalue weighted by Crippen LogP contribution is -2.09. The minimum Gasteiger partial charge on any atom is -0.327 e. The van der Waals surface area contributed by atoms with E-state index in [-0.39, 0.29) is 0 Å². The number of benzene rings is 3. The Morgan fingerprint density at radius 3 is 2.00 bits per heavy atom. The molecule has 3 aromatic carbocycles. The highest BCUT2D eigenvalue weighted by Crippen LogP contribution is 2.38. The lowest BCUT2D eigenvalue weighted by molar-refractivity contribution is 0.806. The molecular formula is C29H30N4. The Kier molecular flexibility index (Phi) is 5.37. The van der Waals surface area contributed by atoms with Gasteiger partial charge in [0, 0.05) is 30.6 Å². The van der Waals surface area contributed by atoms with E-state index in [9.17, 15) is 0 Å². The largest absolute Gasteiger partial charge is 0.327 e. The van der Waals surface area contributed by atoms with Crippen LogP contribution < -0.4 is 0 Å². The third-order valence-corrected chi connectivity index (χ3v) is 6.37. The predicted molar refractivity (Wildman–Crippen MR) is 137 cm³/mol. The number of aryl methyl sites for hydroxylation is 1. The summed E-state index contributed by atoms with van der Waals surface area (Å²) in [7, 11) is 2.10. The number of fused-ring (bicyclic) bond motifs is 1. The van der Waals surface area contributed by atoms with Crippen molar-refractivity contribution >= 4 is 11.0 Å². The first kappa shape index (κ1) is 21.2. The van der Waals surface area contributed by atoms with Crippen LogP contribution in [-0.4, -0.2) is 19.1 Å². The van der Waals surface area contributed by atoms with Crippen LogP contribution in [0.1, 0.15) is 50.7 Å². The van der Waals surface area contributed by atoms with E-state index in [1.165, 1.54) is 16.8 Å². The van der Waals surface area contributed by atoms with Gasteiger partial charge in [0.2, 0.25) is 0 Å². The van der Waals surface area contributed by atoms with Gasteiger partial charge < -0.3 is 4.57 Å². The van der Waals surface area contributed by atoms with E-state index in [4.69, 9.17) is 9.97 Å². The molecule has 0 aliphatic heterocycles. The van der Waals surface area contributed by atoms with Crippen LogP contribution in [0, 0.1) is 0 Å². The third-order valence-electron chi connectivity index (χ3n) is 6.37. The molecule has 4 heteroatoms. The Labute approximate surface area is 195 Å². The maximum absolute atomic E-state index is 4.98. The average Bonchev–Trinajstić information content (AvgIpc) is 3.44. The molecule has 0 fully saturated rings. The minimum absolute atomic E-state index is 0.346. The van der Waals surface area contributed by atoms with Gasteiger partial charge in [-0.1, -0.05) is 70.2 Å². The van der Waals surface area contributed by atoms with Gasteiger partial charge in [-0.05, 0) is 47.2 Å². The summed E-state index contributed by atoms with van der Waals surface area (Å²) in [5.41, 5.74) is 8.29. The van der Waals surface area contributed by atoms with Crippen LogP contribution in [0.5, 0.6) is 0 Å². The van der Waals surface area contributed by atoms with Gasteiger partial charge in [-0.2, -0.15) is 0 Å². The minimum atomic E-state index is 0.346. The molecule has 0 aliphatic carbocycles. The number of aromatic nitrogens is 4. The lowest BCUT2D eigenvalue weighted by atomic mass is 9.89. The number of hydrogen-bond acceptors (Lipinski definition) is 2. The topological polar surface area (TPSA) is 35.6 Å². The molecule has 0 unspecified atom stereocenters. The maximum Gasteiger partial charge on any atom is 0.144 e. The van der Waals surface area contributed by atoms with E-state index in [2.05, 4.69) is 105 Å². The second-order valence-electron chi connectivity index (χ2n) is 9.28. The van der Waals surface area contributed by atoms with E-state index in [0.717, 1.165) is 33.8 Å². The van der Waals surface area contributed by atoms with Gasteiger partial charge in [0.15, 0.2) is 0 Å². The van der Waals surface area contributed by atoms with Gasteiger partial charge in [-0.25, -0.2) is 9.97 Å². The zero-order valence-electron chi connectivity index (χ0n) is 19.9. The Balaban J connectivity index is 1.77. The van der Waals surface area contributed by atoms with Crippen molar-refractivity contribution in [2.75, 3.05) is 0 Å². The molecule has 0 N–H and O–H groups in total. The van der Waals surface area contributed by atoms with Crippen LogP contribution in [0.3, 0.4) is 0 Å². The van der Waals surface area contributed by atoms with Crippen molar-refractivity contribution < 1.29 is 0 Å². The maximum atomic E-state index is 4.98. The van der Waals surface area contributed by atoms with Crippen molar-refractivity contribution in [3.05, 3.63) is 90.3 Å². The van der Waals surface area contributed by atoms with E-state index in [1.54, 1.807) is 0 Å². The lowest BCUT2D eigenvalue weighted by Gasteiger charge is -2.23. The summed E-state index contributed by atoms with van der Waals surface area (Å²) in [6, 6.07) is 23.4. The Morgan fingerprint density at radius 2 is 1.36 bits per heavy atom. The predicted octanol–water partition coefficient (Wildman–Crippen LogP) is 7.34. The number of imidazole rings is 2. The Morgan fingerprint density at radius 1 is 0.727 bits per heavy atom. The third kappa shape index (κ3) is 3.66. The SMILES string of the molecule is CC(C)c1cc(-c2nc3ccccc3n2C)cc(C(C)C)c1-n1ccnc1-c1ccccc1. The van der Waals surface area contributed by atoms with E-state index < -0.39 is 0 Å². The molecule has 0 radical (unpaired) electrons. The van der Waals surface area contributed by atoms with Gasteiger partial charge >= 0.3 is 0 Å². The van der Waals surface area contributed by atoms with Gasteiger partial charge in [0.25, 0.3) is 0 Å². The Hall–Kier alpha value is -3.66. The number of nitrogens with zero attached hydrogens (tertiary/aromatic N) is 4. The van der Waals surface area contributed by atoms with Crippen LogP contribution >= 0.6 is 0 Å². The molecule has 5 aromatic rings. The summed E-state index contributed by atoms with van der Waals surface area (Å²) in [6.45, 7) is 9.06. The molecule has 0 saturated heterocycles. The van der Waals surface area contributed by atoms with Crippen molar-refractivity contribution in [1.29, 1.82) is 0 Å². The fraction of sp³-hybridized carbons (Fsp3) is 0.241. The van der Waals surface area contributed by atoms with Gasteiger partial charge in [-0.15, -0.1) is 0 Å². The average molecular weight is 435 g/mol. The molecule has 0 amide bonds. The number of rotatable bonds is 5. The normalized spacial score (nSPS) is 11.7. The van der Waals surface area contributed by atoms with Crippen molar-refractivity contribution in [2.45, 2.75) is 39.5 Å². The monoisotopic (exact) mass is 434 g/mol. The summed E-state index contributed by atoms with van der Waals surface area (Å²) < 4.78 is 4.46. The number of para-hydroxylation sites is 2. The van der Waals surface area contributed by atoms with E-state index >= 15 is 0 Å². The summed E-state index contributed by atoms with van der Waals surface area (Å²) in [4.78, 5) is 9.72. The molecule has 0 saturated carbocycles. The zero-order valence-corrected chi connectivity index (χ0v) is 19.9. The molecule has 4 nitrogen and oxygen atoms in total. The van der Waals surface area contributed by atoms with Crippen LogP contribution in [0.4, 0.5) is 0 Å². The highest BCUT2D eigenvalue weighted by atomic mass is 15.1. The highest BCUT2D eigenvalue weighted by molar-refractivity contribution is 5.81. The standard InChI is InChI=1S/C29H30N4/c1-19(2)23-17-22(29-31-25-13-9-10-14-26(25)32(29)5)18-24(20(3)4)27(23)33-16-15-30-28(33)21-11-7-6-8-12-21/h6-20H,1-5H3. The molecule has 0 aliphatic rings. The first-order chi connectivity index (χ1) is 16.0. The first-order valence-corrected chi connectivity index (χ1v) is 11.6. The second-order valence-corrected chi connectivity index (χ2v) is 9.28. The molecule has 0 bridgehead atoms. The van der Waals surface area contributed by atoms with Crippen LogP contribution in [0.15, 0.2) is 79.1 Å². The molecule has 5 rings (SSSR count). The van der Waals surface area contributed by atoms with Gasteiger partial charge in [-0.3, -0.25) is 4.57 Å². The van der Waals surface area contributed by atoms with Crippen molar-refractivity contribution in [1.82, 2.24) is 19.1 Å². The Bertz CT molecular complexity index is 1390. The van der Waals surface area contributed by atoms with Gasteiger partial charge in [0.1, 0.15) is 11.6 Å². The van der Waals surface area contributed by atoms with Crippen molar-refractivity contribution in [3.63, 3.8) is 0 Å². The molecule has 0 atom stereocenters. The first-order valence-electron chi connectivity index (χ1n) is 11.6. The van der Waals surface area contributed by atoms with Crippen molar-refractivity contribution in [3.8, 4) is 28.5 Å². The zero-order chi connectivity index (χ0) is 23.1. The summed E-state index contributed by atoms with van der Waals surface area (Å²) in [5.74, 6) is 2.66. The van der Waals surface area contributed by atoms with Crippen LogP contribution in [0.2, 0.25) is 0 Å². The highest BCUT2D eigenvalue weighted by Gasteiger charge is 2.22. The fourth-order valence-corrected chi connectivity index (χ4v) is 4.66. The second kappa shape index (κ2) is 8.36. The van der Waals surface area contributed by atoms with Crippen molar-refractivity contribution in [2.24, 2.45) is 7.05 Å². The molecule has 166 valence electrons. The quantitative estimate of drug-likeness (QED) is 0.290. The smallest absolute Gasteiger partial charge is 0.144 e. The van der Waals surface area contributed by atoms with E-state index in [0.29, 0.717) is 11.8 Å².